The third-order valence-corrected chi connectivity index (χ3v) is 4.01. The van der Waals surface area contributed by atoms with E-state index < -0.39 is 0 Å². The van der Waals surface area contributed by atoms with Gasteiger partial charge in [0, 0.05) is 30.5 Å². The van der Waals surface area contributed by atoms with Crippen LogP contribution in [0.1, 0.15) is 25.5 Å². The number of aromatic nitrogens is 2. The van der Waals surface area contributed by atoms with Crippen molar-refractivity contribution in [1.82, 2.24) is 15.1 Å². The number of benzene rings is 1. The first-order chi connectivity index (χ1) is 10.2. The van der Waals surface area contributed by atoms with Gasteiger partial charge in [-0.3, -0.25) is 4.68 Å². The van der Waals surface area contributed by atoms with Gasteiger partial charge < -0.3 is 10.1 Å². The Morgan fingerprint density at radius 1 is 1.29 bits per heavy atom. The molecule has 1 aromatic carbocycles. The zero-order valence-corrected chi connectivity index (χ0v) is 12.5. The summed E-state index contributed by atoms with van der Waals surface area (Å²) in [6, 6.07) is 10.8. The fourth-order valence-corrected chi connectivity index (χ4v) is 2.48. The van der Waals surface area contributed by atoms with Gasteiger partial charge in [0.1, 0.15) is 12.4 Å². The lowest BCUT2D eigenvalue weighted by atomic mass is 10.1. The standard InChI is InChI=1S/C17H21N3O/c1-13(14(2)20-9-5-8-19-20)18-11-15-10-16-6-3-4-7-17(16)21-12-15/h3-10,13-14,18H,11-12H2,1-2H3/t13-,14+/m0/s1. The van der Waals surface area contributed by atoms with Crippen LogP contribution >= 0.6 is 0 Å². The SMILES string of the molecule is C[C@H](NCC1=Cc2ccccc2OC1)[C@@H](C)n1cccn1. The quantitative estimate of drug-likeness (QED) is 0.917. The lowest BCUT2D eigenvalue weighted by molar-refractivity contribution is 0.332. The maximum atomic E-state index is 5.78. The predicted octanol–water partition coefficient (Wildman–Crippen LogP) is 2.90. The molecular weight excluding hydrogens is 262 g/mol. The van der Waals surface area contributed by atoms with E-state index in [2.05, 4.69) is 36.4 Å². The number of nitrogens with one attached hydrogen (secondary N) is 1. The minimum atomic E-state index is 0.317. The van der Waals surface area contributed by atoms with E-state index in [-0.39, 0.29) is 0 Å². The number of hydrogen-bond acceptors (Lipinski definition) is 3. The van der Waals surface area contributed by atoms with Crippen LogP contribution in [0.5, 0.6) is 5.75 Å². The Balaban J connectivity index is 1.60. The molecule has 1 aliphatic rings. The van der Waals surface area contributed by atoms with Crippen LogP contribution in [0.3, 0.4) is 0 Å². The second kappa shape index (κ2) is 6.14. The number of nitrogens with zero attached hydrogens (tertiary/aromatic N) is 2. The summed E-state index contributed by atoms with van der Waals surface area (Å²) in [5.41, 5.74) is 2.43. The summed E-state index contributed by atoms with van der Waals surface area (Å²) in [4.78, 5) is 0. The molecule has 3 rings (SSSR count). The van der Waals surface area contributed by atoms with Crippen molar-refractivity contribution in [1.29, 1.82) is 0 Å². The number of fused-ring (bicyclic) bond motifs is 1. The van der Waals surface area contributed by atoms with E-state index >= 15 is 0 Å². The molecule has 21 heavy (non-hydrogen) atoms. The van der Waals surface area contributed by atoms with Gasteiger partial charge in [-0.2, -0.15) is 5.10 Å². The zero-order chi connectivity index (χ0) is 14.7. The summed E-state index contributed by atoms with van der Waals surface area (Å²) in [6.45, 7) is 5.85. The topological polar surface area (TPSA) is 39.1 Å². The Morgan fingerprint density at radius 3 is 2.95 bits per heavy atom. The molecule has 1 aliphatic heterocycles. The second-order valence-corrected chi connectivity index (χ2v) is 5.53. The Morgan fingerprint density at radius 2 is 2.14 bits per heavy atom. The number of rotatable bonds is 5. The Labute approximate surface area is 125 Å². The molecular formula is C17H21N3O. The molecule has 0 aliphatic carbocycles. The lowest BCUT2D eigenvalue weighted by Gasteiger charge is -2.24. The van der Waals surface area contributed by atoms with Gasteiger partial charge in [0.05, 0.1) is 6.04 Å². The summed E-state index contributed by atoms with van der Waals surface area (Å²) >= 11 is 0. The third kappa shape index (κ3) is 3.16. The fourth-order valence-electron chi connectivity index (χ4n) is 2.48. The Bertz CT molecular complexity index is 619. The highest BCUT2D eigenvalue weighted by Gasteiger charge is 2.15. The first kappa shape index (κ1) is 13.9. The van der Waals surface area contributed by atoms with Crippen LogP contribution in [0.15, 0.2) is 48.3 Å². The molecule has 4 nitrogen and oxygen atoms in total. The van der Waals surface area contributed by atoms with Crippen LogP contribution in [0.25, 0.3) is 6.08 Å². The molecule has 0 bridgehead atoms. The molecule has 0 spiro atoms. The summed E-state index contributed by atoms with van der Waals surface area (Å²) in [5, 5.41) is 7.86. The summed E-state index contributed by atoms with van der Waals surface area (Å²) in [7, 11) is 0. The van der Waals surface area contributed by atoms with Gasteiger partial charge >= 0.3 is 0 Å². The normalized spacial score (nSPS) is 16.6. The van der Waals surface area contributed by atoms with E-state index in [1.165, 1.54) is 5.57 Å². The molecule has 0 saturated heterocycles. The highest BCUT2D eigenvalue weighted by Crippen LogP contribution is 2.25. The number of ether oxygens (including phenoxy) is 1. The van der Waals surface area contributed by atoms with Gasteiger partial charge in [-0.1, -0.05) is 18.2 Å². The van der Waals surface area contributed by atoms with E-state index in [9.17, 15) is 0 Å². The van der Waals surface area contributed by atoms with Crippen LogP contribution in [0.4, 0.5) is 0 Å². The molecule has 1 N–H and O–H groups in total. The van der Waals surface area contributed by atoms with Gasteiger partial charge in [0.15, 0.2) is 0 Å². The smallest absolute Gasteiger partial charge is 0.127 e. The van der Waals surface area contributed by atoms with Crippen LogP contribution in [-0.2, 0) is 0 Å². The molecule has 2 atom stereocenters. The van der Waals surface area contributed by atoms with Crippen molar-refractivity contribution in [2.24, 2.45) is 0 Å². The minimum absolute atomic E-state index is 0.317. The molecule has 4 heteroatoms. The van der Waals surface area contributed by atoms with Crippen molar-refractivity contribution in [2.45, 2.75) is 25.9 Å². The first-order valence-electron chi connectivity index (χ1n) is 7.38. The highest BCUT2D eigenvalue weighted by molar-refractivity contribution is 5.62. The van der Waals surface area contributed by atoms with Crippen LogP contribution in [0.2, 0.25) is 0 Å². The Kier molecular flexibility index (Phi) is 4.06. The van der Waals surface area contributed by atoms with Crippen LogP contribution in [-0.4, -0.2) is 29.0 Å². The zero-order valence-electron chi connectivity index (χ0n) is 12.5. The number of hydrogen-bond donors (Lipinski definition) is 1. The van der Waals surface area contributed by atoms with Crippen molar-refractivity contribution >= 4 is 6.08 Å². The Hall–Kier alpha value is -2.07. The van der Waals surface area contributed by atoms with Gasteiger partial charge in [0.25, 0.3) is 0 Å². The molecule has 110 valence electrons. The summed E-state index contributed by atoms with van der Waals surface area (Å²) in [6.07, 6.45) is 6.04. The molecule has 1 aromatic heterocycles. The van der Waals surface area contributed by atoms with E-state index in [1.54, 1.807) is 0 Å². The van der Waals surface area contributed by atoms with Crippen molar-refractivity contribution in [3.63, 3.8) is 0 Å². The van der Waals surface area contributed by atoms with Gasteiger partial charge in [-0.25, -0.2) is 0 Å². The van der Waals surface area contributed by atoms with Crippen LogP contribution < -0.4 is 10.1 Å². The van der Waals surface area contributed by atoms with Gasteiger partial charge in [0.2, 0.25) is 0 Å². The van der Waals surface area contributed by atoms with E-state index in [0.717, 1.165) is 17.9 Å². The average Bonchev–Trinajstić information content (AvgIpc) is 3.06. The van der Waals surface area contributed by atoms with Crippen molar-refractivity contribution in [3.05, 3.63) is 53.9 Å². The maximum absolute atomic E-state index is 5.78. The second-order valence-electron chi connectivity index (χ2n) is 5.53. The molecule has 0 saturated carbocycles. The largest absolute Gasteiger partial charge is 0.489 e. The van der Waals surface area contributed by atoms with Gasteiger partial charge in [-0.15, -0.1) is 0 Å². The minimum Gasteiger partial charge on any atom is -0.489 e. The molecule has 2 heterocycles. The lowest BCUT2D eigenvalue weighted by Crippen LogP contribution is -2.36. The van der Waals surface area contributed by atoms with Crippen LogP contribution in [0, 0.1) is 0 Å². The maximum Gasteiger partial charge on any atom is 0.127 e. The third-order valence-electron chi connectivity index (χ3n) is 4.01. The molecule has 0 amide bonds. The summed E-state index contributed by atoms with van der Waals surface area (Å²) < 4.78 is 7.76. The van der Waals surface area contributed by atoms with Gasteiger partial charge in [-0.05, 0) is 37.6 Å². The fraction of sp³-hybridized carbons (Fsp3) is 0.353. The van der Waals surface area contributed by atoms with Crippen molar-refractivity contribution in [2.75, 3.05) is 13.2 Å². The molecule has 0 fully saturated rings. The first-order valence-corrected chi connectivity index (χ1v) is 7.38. The molecule has 2 aromatic rings. The highest BCUT2D eigenvalue weighted by atomic mass is 16.5. The number of para-hydroxylation sites is 1. The van der Waals surface area contributed by atoms with E-state index in [4.69, 9.17) is 4.74 Å². The predicted molar refractivity (Wildman–Crippen MR) is 84.3 cm³/mol. The van der Waals surface area contributed by atoms with Crippen molar-refractivity contribution < 1.29 is 4.74 Å². The molecule has 0 unspecified atom stereocenters. The summed E-state index contributed by atoms with van der Waals surface area (Å²) in [5.74, 6) is 0.971. The monoisotopic (exact) mass is 283 g/mol. The molecule has 0 radical (unpaired) electrons. The average molecular weight is 283 g/mol. The van der Waals surface area contributed by atoms with E-state index in [0.29, 0.717) is 18.7 Å². The van der Waals surface area contributed by atoms with Crippen molar-refractivity contribution in [3.8, 4) is 5.75 Å². The van der Waals surface area contributed by atoms with E-state index in [1.807, 2.05) is 41.3 Å².